The molecule has 0 spiro atoms. The smallest absolute Gasteiger partial charge is 0.344 e. The van der Waals surface area contributed by atoms with Crippen LogP contribution in [-0.2, 0) is 16.1 Å². The number of hydrogen-bond donors (Lipinski definition) is 2. The third kappa shape index (κ3) is 4.66. The largest absolute Gasteiger partial charge is 0.508 e. The molecule has 0 aliphatic rings. The molecule has 0 atom stereocenters. The summed E-state index contributed by atoms with van der Waals surface area (Å²) in [5.41, 5.74) is 6.34. The van der Waals surface area contributed by atoms with Gasteiger partial charge in [-0.2, -0.15) is 0 Å². The van der Waals surface area contributed by atoms with E-state index in [0.717, 1.165) is 0 Å². The molecule has 6 nitrogen and oxygen atoms in total. The number of benzene rings is 2. The van der Waals surface area contributed by atoms with E-state index in [0.29, 0.717) is 5.56 Å². The van der Waals surface area contributed by atoms with Gasteiger partial charge >= 0.3 is 5.97 Å². The van der Waals surface area contributed by atoms with Crippen LogP contribution in [0.3, 0.4) is 0 Å². The molecule has 2 aromatic carbocycles. The number of rotatable bonds is 7. The van der Waals surface area contributed by atoms with Gasteiger partial charge in [-0.3, -0.25) is 4.79 Å². The Morgan fingerprint density at radius 2 is 1.81 bits per heavy atom. The van der Waals surface area contributed by atoms with Crippen molar-refractivity contribution in [2.75, 3.05) is 13.2 Å². The molecular formula is C18H17Cl2NO5. The number of aromatic hydroxyl groups is 1. The summed E-state index contributed by atoms with van der Waals surface area (Å²) in [7, 11) is 0. The van der Waals surface area contributed by atoms with Crippen molar-refractivity contribution >= 4 is 35.0 Å². The fourth-order valence-electron chi connectivity index (χ4n) is 2.23. The van der Waals surface area contributed by atoms with Crippen LogP contribution in [0.15, 0.2) is 30.3 Å². The first kappa shape index (κ1) is 20.0. The monoisotopic (exact) mass is 397 g/mol. The van der Waals surface area contributed by atoms with E-state index in [4.69, 9.17) is 38.4 Å². The molecule has 3 N–H and O–H groups in total. The SMILES string of the molecule is CCOC(=O)COc1cc(Cl)c(C(=O)c2ccc(O)c(CN)c2)c(Cl)c1. The topological polar surface area (TPSA) is 98.8 Å². The van der Waals surface area contributed by atoms with Crippen molar-refractivity contribution < 1.29 is 24.2 Å². The van der Waals surface area contributed by atoms with Crippen molar-refractivity contribution in [1.29, 1.82) is 0 Å². The molecule has 0 bridgehead atoms. The molecule has 2 aromatic rings. The lowest BCUT2D eigenvalue weighted by Gasteiger charge is -2.11. The Balaban J connectivity index is 2.27. The minimum absolute atomic E-state index is 0.00366. The van der Waals surface area contributed by atoms with Crippen LogP contribution in [0.1, 0.15) is 28.4 Å². The number of phenols is 1. The maximum Gasteiger partial charge on any atom is 0.344 e. The van der Waals surface area contributed by atoms with E-state index in [-0.39, 0.29) is 52.4 Å². The molecule has 26 heavy (non-hydrogen) atoms. The minimum atomic E-state index is -0.529. The number of esters is 1. The molecule has 0 aliphatic carbocycles. The van der Waals surface area contributed by atoms with Crippen molar-refractivity contribution in [3.05, 3.63) is 57.1 Å². The number of carbonyl (C=O) groups excluding carboxylic acids is 2. The van der Waals surface area contributed by atoms with E-state index in [1.54, 1.807) is 6.92 Å². The molecule has 0 aromatic heterocycles. The standard InChI is InChI=1S/C18H17Cl2NO5/c1-2-25-16(23)9-26-12-6-13(19)17(14(20)7-12)18(24)10-3-4-15(22)11(5-10)8-21/h3-7,22H,2,8-9,21H2,1H3. The second kappa shape index (κ2) is 8.89. The molecule has 138 valence electrons. The summed E-state index contributed by atoms with van der Waals surface area (Å²) < 4.78 is 10.0. The minimum Gasteiger partial charge on any atom is -0.508 e. The Bertz CT molecular complexity index is 815. The normalized spacial score (nSPS) is 10.5. The van der Waals surface area contributed by atoms with Gasteiger partial charge in [-0.25, -0.2) is 4.79 Å². The molecular weight excluding hydrogens is 381 g/mol. The molecule has 0 saturated heterocycles. The van der Waals surface area contributed by atoms with E-state index >= 15 is 0 Å². The Labute approximate surface area is 160 Å². The second-order valence-corrected chi connectivity index (χ2v) is 6.05. The summed E-state index contributed by atoms with van der Waals surface area (Å²) in [6.45, 7) is 1.71. The number of ether oxygens (including phenoxy) is 2. The molecule has 0 aliphatic heterocycles. The summed E-state index contributed by atoms with van der Waals surface area (Å²) in [6.07, 6.45) is 0. The Kier molecular flexibility index (Phi) is 6.85. The van der Waals surface area contributed by atoms with Crippen LogP contribution in [0.25, 0.3) is 0 Å². The molecule has 0 amide bonds. The summed E-state index contributed by atoms with van der Waals surface area (Å²) in [4.78, 5) is 24.1. The molecule has 0 radical (unpaired) electrons. The molecule has 0 unspecified atom stereocenters. The lowest BCUT2D eigenvalue weighted by atomic mass is 10.0. The van der Waals surface area contributed by atoms with E-state index in [2.05, 4.69) is 0 Å². The Hall–Kier alpha value is -2.28. The maximum atomic E-state index is 12.7. The van der Waals surface area contributed by atoms with Crippen LogP contribution in [0, 0.1) is 0 Å². The van der Waals surface area contributed by atoms with Crippen LogP contribution in [0.4, 0.5) is 0 Å². The zero-order valence-corrected chi connectivity index (χ0v) is 15.4. The quantitative estimate of drug-likeness (QED) is 0.548. The highest BCUT2D eigenvalue weighted by molar-refractivity contribution is 6.41. The predicted octanol–water partition coefficient (Wildman–Crippen LogP) is 3.33. The first-order valence-electron chi connectivity index (χ1n) is 7.71. The van der Waals surface area contributed by atoms with Gasteiger partial charge < -0.3 is 20.3 Å². The number of carbonyl (C=O) groups is 2. The third-order valence-electron chi connectivity index (χ3n) is 3.47. The summed E-state index contributed by atoms with van der Waals surface area (Å²) in [5.74, 6) is -0.716. The van der Waals surface area contributed by atoms with Crippen molar-refractivity contribution in [2.45, 2.75) is 13.5 Å². The number of halogens is 2. The van der Waals surface area contributed by atoms with Gasteiger partial charge in [-0.1, -0.05) is 23.2 Å². The molecule has 2 rings (SSSR count). The van der Waals surface area contributed by atoms with E-state index in [1.807, 2.05) is 0 Å². The van der Waals surface area contributed by atoms with Crippen LogP contribution in [-0.4, -0.2) is 30.1 Å². The van der Waals surface area contributed by atoms with Gasteiger partial charge in [-0.05, 0) is 37.3 Å². The van der Waals surface area contributed by atoms with Gasteiger partial charge in [-0.15, -0.1) is 0 Å². The fourth-order valence-corrected chi connectivity index (χ4v) is 2.87. The summed E-state index contributed by atoms with van der Waals surface area (Å²) in [6, 6.07) is 7.10. The highest BCUT2D eigenvalue weighted by Gasteiger charge is 2.19. The van der Waals surface area contributed by atoms with Gasteiger partial charge in [0.15, 0.2) is 12.4 Å². The lowest BCUT2D eigenvalue weighted by Crippen LogP contribution is -2.14. The lowest BCUT2D eigenvalue weighted by molar-refractivity contribution is -0.145. The van der Waals surface area contributed by atoms with E-state index < -0.39 is 11.8 Å². The summed E-state index contributed by atoms with van der Waals surface area (Å²) >= 11 is 12.4. The van der Waals surface area contributed by atoms with E-state index in [9.17, 15) is 14.7 Å². The van der Waals surface area contributed by atoms with Crippen LogP contribution >= 0.6 is 23.2 Å². The molecule has 0 saturated carbocycles. The van der Waals surface area contributed by atoms with E-state index in [1.165, 1.54) is 30.3 Å². The van der Waals surface area contributed by atoms with Crippen molar-refractivity contribution in [2.24, 2.45) is 5.73 Å². The highest BCUT2D eigenvalue weighted by Crippen LogP contribution is 2.33. The number of phenolic OH excluding ortho intramolecular Hbond substituents is 1. The second-order valence-electron chi connectivity index (χ2n) is 5.23. The molecule has 8 heteroatoms. The Morgan fingerprint density at radius 1 is 1.15 bits per heavy atom. The average Bonchev–Trinajstić information content (AvgIpc) is 2.60. The predicted molar refractivity (Wildman–Crippen MR) is 98.0 cm³/mol. The van der Waals surface area contributed by atoms with Crippen LogP contribution in [0.5, 0.6) is 11.5 Å². The van der Waals surface area contributed by atoms with Crippen LogP contribution in [0.2, 0.25) is 10.0 Å². The maximum absolute atomic E-state index is 12.7. The third-order valence-corrected chi connectivity index (χ3v) is 4.06. The van der Waals surface area contributed by atoms with Gasteiger partial charge in [0.1, 0.15) is 11.5 Å². The van der Waals surface area contributed by atoms with Crippen molar-refractivity contribution in [3.63, 3.8) is 0 Å². The van der Waals surface area contributed by atoms with Gasteiger partial charge in [0.2, 0.25) is 0 Å². The Morgan fingerprint density at radius 3 is 2.38 bits per heavy atom. The van der Waals surface area contributed by atoms with Crippen molar-refractivity contribution in [1.82, 2.24) is 0 Å². The van der Waals surface area contributed by atoms with Crippen molar-refractivity contribution in [3.8, 4) is 11.5 Å². The van der Waals surface area contributed by atoms with Gasteiger partial charge in [0.25, 0.3) is 0 Å². The fraction of sp³-hybridized carbons (Fsp3) is 0.222. The average molecular weight is 398 g/mol. The molecule has 0 heterocycles. The first-order valence-corrected chi connectivity index (χ1v) is 8.47. The highest BCUT2D eigenvalue weighted by atomic mass is 35.5. The zero-order chi connectivity index (χ0) is 19.3. The van der Waals surface area contributed by atoms with Gasteiger partial charge in [0.05, 0.1) is 22.2 Å². The first-order chi connectivity index (χ1) is 12.4. The number of hydrogen-bond acceptors (Lipinski definition) is 6. The summed E-state index contributed by atoms with van der Waals surface area (Å²) in [5, 5.41) is 9.82. The number of nitrogens with two attached hydrogens (primary N) is 1. The molecule has 0 fully saturated rings. The zero-order valence-electron chi connectivity index (χ0n) is 13.9. The van der Waals surface area contributed by atoms with Crippen LogP contribution < -0.4 is 10.5 Å². The number of ketones is 1. The van der Waals surface area contributed by atoms with Gasteiger partial charge in [0, 0.05) is 17.7 Å².